The highest BCUT2D eigenvalue weighted by molar-refractivity contribution is 6.29. The van der Waals surface area contributed by atoms with Crippen LogP contribution in [-0.4, -0.2) is 30.3 Å². The minimum absolute atomic E-state index is 0.437. The number of hydrogen-bond acceptors (Lipinski definition) is 4. The summed E-state index contributed by atoms with van der Waals surface area (Å²) >= 11 is 5.95. The van der Waals surface area contributed by atoms with Gasteiger partial charge in [0.05, 0.1) is 0 Å². The van der Waals surface area contributed by atoms with Gasteiger partial charge in [0.1, 0.15) is 10.8 Å². The lowest BCUT2D eigenvalue weighted by Crippen LogP contribution is -2.37. The number of rotatable bonds is 2. The Morgan fingerprint density at radius 1 is 1.38 bits per heavy atom. The molecule has 0 N–H and O–H groups in total. The maximum atomic E-state index is 5.95. The first kappa shape index (κ1) is 11.8. The molecule has 0 unspecified atom stereocenters. The zero-order valence-corrected chi connectivity index (χ0v) is 10.3. The molecular formula is C11H15ClN2O2. The van der Waals surface area contributed by atoms with E-state index >= 15 is 0 Å². The predicted molar refractivity (Wildman–Crippen MR) is 60.5 cm³/mol. The Balaban J connectivity index is 2.38. The molecule has 4 nitrogen and oxygen atoms in total. The maximum Gasteiger partial charge on any atom is 0.162 e. The first-order valence-corrected chi connectivity index (χ1v) is 5.69. The summed E-state index contributed by atoms with van der Waals surface area (Å²) in [5, 5.41) is 0.463. The molecule has 2 rings (SSSR count). The van der Waals surface area contributed by atoms with Crippen molar-refractivity contribution in [3.63, 3.8) is 0 Å². The summed E-state index contributed by atoms with van der Waals surface area (Å²) in [7, 11) is 1.69. The minimum Gasteiger partial charge on any atom is -0.381 e. The number of nitrogens with zero attached hydrogens (tertiary/aromatic N) is 2. The molecule has 0 radical (unpaired) electrons. The van der Waals surface area contributed by atoms with E-state index in [-0.39, 0.29) is 0 Å². The van der Waals surface area contributed by atoms with Gasteiger partial charge >= 0.3 is 0 Å². The molecule has 0 spiro atoms. The van der Waals surface area contributed by atoms with Crippen LogP contribution >= 0.6 is 11.6 Å². The number of aryl methyl sites for hydroxylation is 1. The minimum atomic E-state index is -0.437. The normalized spacial score (nSPS) is 19.7. The van der Waals surface area contributed by atoms with Crippen LogP contribution in [0.2, 0.25) is 5.15 Å². The number of halogens is 1. The van der Waals surface area contributed by atoms with Crippen molar-refractivity contribution in [1.29, 1.82) is 0 Å². The van der Waals surface area contributed by atoms with Gasteiger partial charge in [-0.2, -0.15) is 0 Å². The average molecular weight is 243 g/mol. The van der Waals surface area contributed by atoms with Gasteiger partial charge in [-0.15, -0.1) is 0 Å². The number of methoxy groups -OCH3 is 1. The van der Waals surface area contributed by atoms with Gasteiger partial charge in [-0.25, -0.2) is 9.97 Å². The first-order valence-electron chi connectivity index (χ1n) is 5.31. The molecule has 1 fully saturated rings. The van der Waals surface area contributed by atoms with Crippen molar-refractivity contribution < 1.29 is 9.47 Å². The molecule has 1 aromatic rings. The van der Waals surface area contributed by atoms with Crippen LogP contribution in [0, 0.1) is 6.92 Å². The second-order valence-electron chi connectivity index (χ2n) is 3.97. The topological polar surface area (TPSA) is 44.2 Å². The van der Waals surface area contributed by atoms with Gasteiger partial charge in [-0.1, -0.05) is 11.6 Å². The number of hydrogen-bond donors (Lipinski definition) is 0. The zero-order chi connectivity index (χ0) is 11.6. The Morgan fingerprint density at radius 3 is 2.62 bits per heavy atom. The van der Waals surface area contributed by atoms with Crippen LogP contribution in [0.15, 0.2) is 6.07 Å². The summed E-state index contributed by atoms with van der Waals surface area (Å²) in [5.74, 6) is 0.670. The summed E-state index contributed by atoms with van der Waals surface area (Å²) in [6.07, 6.45) is 1.53. The molecule has 1 aliphatic heterocycles. The van der Waals surface area contributed by atoms with Crippen LogP contribution in [0.4, 0.5) is 0 Å². The molecule has 16 heavy (non-hydrogen) atoms. The molecule has 5 heteroatoms. The molecule has 1 saturated heterocycles. The molecule has 0 aromatic carbocycles. The van der Waals surface area contributed by atoms with E-state index in [1.54, 1.807) is 13.2 Å². The maximum absolute atomic E-state index is 5.95. The van der Waals surface area contributed by atoms with E-state index in [0.717, 1.165) is 18.5 Å². The van der Waals surface area contributed by atoms with Crippen molar-refractivity contribution in [3.8, 4) is 0 Å². The molecular weight excluding hydrogens is 228 g/mol. The van der Waals surface area contributed by atoms with Crippen molar-refractivity contribution in [2.75, 3.05) is 20.3 Å². The van der Waals surface area contributed by atoms with Crippen molar-refractivity contribution in [3.05, 3.63) is 22.7 Å². The van der Waals surface area contributed by atoms with Gasteiger partial charge in [0.15, 0.2) is 5.82 Å². The van der Waals surface area contributed by atoms with Crippen LogP contribution in [0.5, 0.6) is 0 Å². The third-order valence-corrected chi connectivity index (χ3v) is 3.12. The van der Waals surface area contributed by atoms with E-state index in [9.17, 15) is 0 Å². The lowest BCUT2D eigenvalue weighted by Gasteiger charge is -2.34. The fourth-order valence-corrected chi connectivity index (χ4v) is 2.19. The molecule has 2 heterocycles. The van der Waals surface area contributed by atoms with E-state index < -0.39 is 5.60 Å². The van der Waals surface area contributed by atoms with E-state index in [1.807, 2.05) is 6.92 Å². The van der Waals surface area contributed by atoms with Crippen LogP contribution in [-0.2, 0) is 15.1 Å². The smallest absolute Gasteiger partial charge is 0.162 e. The van der Waals surface area contributed by atoms with Crippen LogP contribution < -0.4 is 0 Å². The van der Waals surface area contributed by atoms with Crippen molar-refractivity contribution in [2.24, 2.45) is 0 Å². The monoisotopic (exact) mass is 242 g/mol. The average Bonchev–Trinajstić information content (AvgIpc) is 2.28. The molecule has 0 saturated carbocycles. The Kier molecular flexibility index (Phi) is 3.42. The Morgan fingerprint density at radius 2 is 2.06 bits per heavy atom. The Bertz CT molecular complexity index is 358. The van der Waals surface area contributed by atoms with Crippen LogP contribution in [0.3, 0.4) is 0 Å². The number of aromatic nitrogens is 2. The van der Waals surface area contributed by atoms with Gasteiger partial charge in [-0.3, -0.25) is 0 Å². The van der Waals surface area contributed by atoms with Gasteiger partial charge in [0.2, 0.25) is 0 Å². The van der Waals surface area contributed by atoms with E-state index in [2.05, 4.69) is 9.97 Å². The summed E-state index contributed by atoms with van der Waals surface area (Å²) < 4.78 is 11.0. The first-order chi connectivity index (χ1) is 7.66. The summed E-state index contributed by atoms with van der Waals surface area (Å²) in [4.78, 5) is 8.70. The van der Waals surface area contributed by atoms with Crippen molar-refractivity contribution in [1.82, 2.24) is 9.97 Å². The molecule has 1 aliphatic rings. The summed E-state index contributed by atoms with van der Waals surface area (Å²) in [5.41, 5.74) is 0.423. The third kappa shape index (κ3) is 2.19. The molecule has 1 aromatic heterocycles. The summed E-state index contributed by atoms with van der Waals surface area (Å²) in [6, 6.07) is 1.74. The van der Waals surface area contributed by atoms with Gasteiger partial charge < -0.3 is 9.47 Å². The molecule has 88 valence electrons. The lowest BCUT2D eigenvalue weighted by molar-refractivity contribution is -0.100. The SMILES string of the molecule is COC1(c2nc(C)cc(Cl)n2)CCOCC1. The van der Waals surface area contributed by atoms with Gasteiger partial charge in [-0.05, 0) is 13.0 Å². The van der Waals surface area contributed by atoms with E-state index in [1.165, 1.54) is 0 Å². The third-order valence-electron chi connectivity index (χ3n) is 2.92. The molecule has 0 amide bonds. The lowest BCUT2D eigenvalue weighted by atomic mass is 9.93. The fourth-order valence-electron chi connectivity index (χ4n) is 1.95. The quantitative estimate of drug-likeness (QED) is 0.745. The highest BCUT2D eigenvalue weighted by Crippen LogP contribution is 2.33. The Labute approximate surface area is 99.9 Å². The predicted octanol–water partition coefficient (Wildman–Crippen LogP) is 2.09. The largest absolute Gasteiger partial charge is 0.381 e. The second-order valence-corrected chi connectivity index (χ2v) is 4.35. The zero-order valence-electron chi connectivity index (χ0n) is 9.49. The molecule has 0 aliphatic carbocycles. The van der Waals surface area contributed by atoms with Crippen LogP contribution in [0.25, 0.3) is 0 Å². The highest BCUT2D eigenvalue weighted by atomic mass is 35.5. The van der Waals surface area contributed by atoms with E-state index in [4.69, 9.17) is 21.1 Å². The van der Waals surface area contributed by atoms with Crippen molar-refractivity contribution in [2.45, 2.75) is 25.4 Å². The second kappa shape index (κ2) is 4.65. The number of ether oxygens (including phenoxy) is 2. The molecule has 0 bridgehead atoms. The standard InChI is InChI=1S/C11H15ClN2O2/c1-8-7-9(12)14-10(13-8)11(15-2)3-5-16-6-4-11/h7H,3-6H2,1-2H3. The molecule has 0 atom stereocenters. The Hall–Kier alpha value is -0.710. The van der Waals surface area contributed by atoms with Gasteiger partial charge in [0, 0.05) is 38.9 Å². The van der Waals surface area contributed by atoms with Gasteiger partial charge in [0.25, 0.3) is 0 Å². The fraction of sp³-hybridized carbons (Fsp3) is 0.636. The highest BCUT2D eigenvalue weighted by Gasteiger charge is 2.37. The van der Waals surface area contributed by atoms with Crippen molar-refractivity contribution >= 4 is 11.6 Å². The van der Waals surface area contributed by atoms with Crippen LogP contribution in [0.1, 0.15) is 24.4 Å². The van der Waals surface area contributed by atoms with E-state index in [0.29, 0.717) is 24.2 Å². The summed E-state index contributed by atoms with van der Waals surface area (Å²) in [6.45, 7) is 3.24.